The molecule has 0 aromatic rings. The predicted molar refractivity (Wildman–Crippen MR) is 241 cm³/mol. The zero-order valence-corrected chi connectivity index (χ0v) is 37.6. The molecule has 0 aromatic heterocycles. The van der Waals surface area contributed by atoms with Crippen LogP contribution in [-0.2, 0) is 14.3 Å². The van der Waals surface area contributed by atoms with E-state index < -0.39 is 12.1 Å². The molecule has 0 aromatic carbocycles. The van der Waals surface area contributed by atoms with Gasteiger partial charge in [0.25, 0.3) is 0 Å². The van der Waals surface area contributed by atoms with Crippen molar-refractivity contribution in [3.05, 3.63) is 12.2 Å². The van der Waals surface area contributed by atoms with E-state index >= 15 is 0 Å². The summed E-state index contributed by atoms with van der Waals surface area (Å²) < 4.78 is 5.46. The van der Waals surface area contributed by atoms with Crippen LogP contribution < -0.4 is 5.32 Å². The van der Waals surface area contributed by atoms with Crippen molar-refractivity contribution in [1.82, 2.24) is 5.32 Å². The largest absolute Gasteiger partial charge is 0.466 e. The van der Waals surface area contributed by atoms with Crippen LogP contribution in [-0.4, -0.2) is 47.4 Å². The Morgan fingerprint density at radius 3 is 1.29 bits per heavy atom. The van der Waals surface area contributed by atoms with Gasteiger partial charge in [0.1, 0.15) is 0 Å². The monoisotopic (exact) mass is 792 g/mol. The first kappa shape index (κ1) is 54.6. The summed E-state index contributed by atoms with van der Waals surface area (Å²) in [5.74, 6) is -0.0761. The van der Waals surface area contributed by atoms with Gasteiger partial charge in [-0.3, -0.25) is 9.59 Å². The first-order valence-corrected chi connectivity index (χ1v) is 24.9. The van der Waals surface area contributed by atoms with E-state index in [1.807, 2.05) is 0 Å². The molecule has 1 amide bonds. The molecule has 0 saturated carbocycles. The Kier molecular flexibility index (Phi) is 45.1. The van der Waals surface area contributed by atoms with Crippen LogP contribution in [0.15, 0.2) is 12.2 Å². The van der Waals surface area contributed by atoms with E-state index in [0.29, 0.717) is 25.9 Å². The molecule has 3 N–H and O–H groups in total. The Hall–Kier alpha value is -1.40. The zero-order valence-electron chi connectivity index (χ0n) is 37.6. The maximum absolute atomic E-state index is 12.4. The van der Waals surface area contributed by atoms with Crippen LogP contribution in [0.4, 0.5) is 0 Å². The summed E-state index contributed by atoms with van der Waals surface area (Å²) in [4.78, 5) is 24.4. The second-order valence-electron chi connectivity index (χ2n) is 17.1. The average molecular weight is 792 g/mol. The first-order valence-electron chi connectivity index (χ1n) is 24.9. The van der Waals surface area contributed by atoms with Gasteiger partial charge in [-0.2, -0.15) is 0 Å². The fourth-order valence-electron chi connectivity index (χ4n) is 7.69. The molecule has 0 bridgehead atoms. The summed E-state index contributed by atoms with van der Waals surface area (Å²) in [6.45, 7) is 4.89. The van der Waals surface area contributed by atoms with E-state index in [2.05, 4.69) is 31.3 Å². The predicted octanol–water partition coefficient (Wildman–Crippen LogP) is 14.6. The minimum absolute atomic E-state index is 0.00908. The van der Waals surface area contributed by atoms with Crippen molar-refractivity contribution in [3.8, 4) is 0 Å². The van der Waals surface area contributed by atoms with Gasteiger partial charge in [-0.1, -0.05) is 219 Å². The second-order valence-corrected chi connectivity index (χ2v) is 17.1. The molecule has 0 spiro atoms. The van der Waals surface area contributed by atoms with Crippen molar-refractivity contribution in [2.24, 2.45) is 0 Å². The number of amides is 1. The number of rotatable bonds is 46. The van der Waals surface area contributed by atoms with E-state index in [0.717, 1.165) is 70.6 Å². The first-order chi connectivity index (χ1) is 27.5. The third-order valence-corrected chi connectivity index (χ3v) is 11.6. The number of carbonyl (C=O) groups is 2. The van der Waals surface area contributed by atoms with Gasteiger partial charge in [-0.05, 0) is 51.4 Å². The normalized spacial score (nSPS) is 12.7. The van der Waals surface area contributed by atoms with Gasteiger partial charge in [0, 0.05) is 12.8 Å². The van der Waals surface area contributed by atoms with Crippen LogP contribution in [0, 0.1) is 0 Å². The third kappa shape index (κ3) is 42.2. The van der Waals surface area contributed by atoms with Crippen molar-refractivity contribution >= 4 is 11.9 Å². The smallest absolute Gasteiger partial charge is 0.305 e. The maximum Gasteiger partial charge on any atom is 0.305 e. The molecule has 0 fully saturated rings. The lowest BCUT2D eigenvalue weighted by molar-refractivity contribution is -0.143. The number of carbonyl (C=O) groups excluding carboxylic acids is 2. The Morgan fingerprint density at radius 1 is 0.482 bits per heavy atom. The Balaban J connectivity index is 3.44. The number of hydrogen-bond acceptors (Lipinski definition) is 5. The molecule has 0 aliphatic heterocycles. The van der Waals surface area contributed by atoms with Crippen LogP contribution in [0.1, 0.15) is 271 Å². The van der Waals surface area contributed by atoms with Gasteiger partial charge in [0.15, 0.2) is 0 Å². The Labute approximate surface area is 349 Å². The van der Waals surface area contributed by atoms with Gasteiger partial charge < -0.3 is 20.3 Å². The molecule has 0 aliphatic rings. The van der Waals surface area contributed by atoms with E-state index in [-0.39, 0.29) is 18.5 Å². The minimum atomic E-state index is -0.678. The van der Waals surface area contributed by atoms with Gasteiger partial charge in [0.2, 0.25) is 5.91 Å². The summed E-state index contributed by atoms with van der Waals surface area (Å²) >= 11 is 0. The van der Waals surface area contributed by atoms with Crippen LogP contribution in [0.3, 0.4) is 0 Å². The number of aliphatic hydroxyl groups is 2. The molecule has 56 heavy (non-hydrogen) atoms. The Morgan fingerprint density at radius 2 is 0.839 bits per heavy atom. The number of nitrogens with one attached hydrogen (secondary N) is 1. The fraction of sp³-hybridized carbons (Fsp3) is 0.920. The Bertz CT molecular complexity index is 832. The van der Waals surface area contributed by atoms with Crippen LogP contribution in [0.5, 0.6) is 0 Å². The number of unbranched alkanes of at least 4 members (excludes halogenated alkanes) is 33. The maximum atomic E-state index is 12.4. The van der Waals surface area contributed by atoms with Gasteiger partial charge in [-0.25, -0.2) is 0 Å². The zero-order chi connectivity index (χ0) is 40.8. The highest BCUT2D eigenvalue weighted by molar-refractivity contribution is 5.76. The van der Waals surface area contributed by atoms with Crippen LogP contribution in [0.2, 0.25) is 0 Å². The average Bonchev–Trinajstić information content (AvgIpc) is 3.20. The molecule has 0 saturated heterocycles. The molecular weight excluding hydrogens is 695 g/mol. The number of ether oxygens (including phenoxy) is 1. The molecule has 0 heterocycles. The highest BCUT2D eigenvalue weighted by Gasteiger charge is 2.20. The lowest BCUT2D eigenvalue weighted by Crippen LogP contribution is -2.45. The standard InChI is InChI=1S/C50H97NO5/c1-3-5-7-9-11-13-14-15-16-17-18-21-24-28-32-36-40-44-50(55)56-45-41-37-33-29-25-22-19-20-23-27-31-35-39-43-49(54)51-47(46-52)48(53)42-38-34-30-26-12-10-8-6-4-2/h20,23,47-48,52-53H,3-19,21-22,24-46H2,1-2H3,(H,51,54)/b23-20-. The molecule has 2 atom stereocenters. The number of allylic oxidation sites excluding steroid dienone is 2. The molecular formula is C50H97NO5. The van der Waals surface area contributed by atoms with Gasteiger partial charge in [0.05, 0.1) is 25.4 Å². The van der Waals surface area contributed by atoms with Crippen molar-refractivity contribution < 1.29 is 24.5 Å². The van der Waals surface area contributed by atoms with E-state index in [9.17, 15) is 19.8 Å². The summed E-state index contributed by atoms with van der Waals surface area (Å²) in [6.07, 6.45) is 51.9. The summed E-state index contributed by atoms with van der Waals surface area (Å²) in [5, 5.41) is 23.0. The van der Waals surface area contributed by atoms with E-state index in [1.54, 1.807) is 0 Å². The number of hydrogen-bond donors (Lipinski definition) is 3. The fourth-order valence-corrected chi connectivity index (χ4v) is 7.69. The van der Waals surface area contributed by atoms with Crippen molar-refractivity contribution in [3.63, 3.8) is 0 Å². The van der Waals surface area contributed by atoms with Gasteiger partial charge in [-0.15, -0.1) is 0 Å². The van der Waals surface area contributed by atoms with Gasteiger partial charge >= 0.3 is 5.97 Å². The summed E-state index contributed by atoms with van der Waals surface area (Å²) in [5.41, 5.74) is 0. The summed E-state index contributed by atoms with van der Waals surface area (Å²) in [7, 11) is 0. The second kappa shape index (κ2) is 46.3. The molecule has 0 radical (unpaired) electrons. The van der Waals surface area contributed by atoms with E-state index in [1.165, 1.54) is 167 Å². The summed E-state index contributed by atoms with van der Waals surface area (Å²) in [6, 6.07) is -0.558. The highest BCUT2D eigenvalue weighted by Crippen LogP contribution is 2.16. The lowest BCUT2D eigenvalue weighted by Gasteiger charge is -2.22. The van der Waals surface area contributed by atoms with Crippen LogP contribution >= 0.6 is 0 Å². The molecule has 2 unspecified atom stereocenters. The highest BCUT2D eigenvalue weighted by atomic mass is 16.5. The topological polar surface area (TPSA) is 95.9 Å². The van der Waals surface area contributed by atoms with Crippen molar-refractivity contribution in [2.75, 3.05) is 13.2 Å². The molecule has 6 nitrogen and oxygen atoms in total. The molecule has 332 valence electrons. The number of esters is 1. The van der Waals surface area contributed by atoms with Crippen LogP contribution in [0.25, 0.3) is 0 Å². The number of aliphatic hydroxyl groups excluding tert-OH is 2. The third-order valence-electron chi connectivity index (χ3n) is 11.6. The quantitative estimate of drug-likeness (QED) is 0.0324. The van der Waals surface area contributed by atoms with Crippen molar-refractivity contribution in [1.29, 1.82) is 0 Å². The SMILES string of the molecule is CCCCCCCCCCCCCCCCCCCC(=O)OCCCCCCCC/C=C\CCCCCC(=O)NC(CO)C(O)CCCCCCCCCCC. The minimum Gasteiger partial charge on any atom is -0.466 e. The molecule has 0 aliphatic carbocycles. The molecule has 0 rings (SSSR count). The lowest BCUT2D eigenvalue weighted by atomic mass is 10.0. The van der Waals surface area contributed by atoms with E-state index in [4.69, 9.17) is 4.74 Å². The van der Waals surface area contributed by atoms with Crippen molar-refractivity contribution in [2.45, 2.75) is 283 Å². The molecule has 6 heteroatoms.